The minimum atomic E-state index is -0.561. The second-order valence-corrected chi connectivity index (χ2v) is 6.67. The number of halogens is 1. The highest BCUT2D eigenvalue weighted by molar-refractivity contribution is 9.10. The molecule has 0 radical (unpaired) electrons. The molecule has 2 heterocycles. The minimum absolute atomic E-state index is 0.508. The zero-order valence-corrected chi connectivity index (χ0v) is 13.8. The number of benzene rings is 1. The fourth-order valence-electron chi connectivity index (χ4n) is 3.28. The molecule has 4 nitrogen and oxygen atoms in total. The minimum Gasteiger partial charge on any atom is -0.493 e. The third kappa shape index (κ3) is 2.97. The van der Waals surface area contributed by atoms with Gasteiger partial charge in [0.2, 0.25) is 0 Å². The van der Waals surface area contributed by atoms with Gasteiger partial charge < -0.3 is 19.3 Å². The lowest BCUT2D eigenvalue weighted by Crippen LogP contribution is -2.49. The van der Waals surface area contributed by atoms with Crippen molar-refractivity contribution < 1.29 is 19.3 Å². The van der Waals surface area contributed by atoms with E-state index < -0.39 is 11.7 Å². The lowest BCUT2D eigenvalue weighted by Gasteiger charge is -2.39. The number of rotatable bonds is 4. The van der Waals surface area contributed by atoms with Gasteiger partial charge in [0, 0.05) is 50.5 Å². The quantitative estimate of drug-likeness (QED) is 0.900. The Balaban J connectivity index is 1.83. The Hall–Kier alpha value is -0.620. The summed E-state index contributed by atoms with van der Waals surface area (Å²) in [5.41, 5.74) is 1.75. The highest BCUT2D eigenvalue weighted by Crippen LogP contribution is 2.36. The van der Waals surface area contributed by atoms with Crippen molar-refractivity contribution in [2.75, 3.05) is 26.9 Å². The molecule has 5 heteroatoms. The Morgan fingerprint density at radius 1 is 1.33 bits per heavy atom. The van der Waals surface area contributed by atoms with E-state index in [-0.39, 0.29) is 0 Å². The Morgan fingerprint density at radius 2 is 2.10 bits per heavy atom. The Bertz CT molecular complexity index is 511. The van der Waals surface area contributed by atoms with Crippen molar-refractivity contribution in [2.24, 2.45) is 0 Å². The summed E-state index contributed by atoms with van der Waals surface area (Å²) in [6.45, 7) is 1.99. The molecule has 1 aromatic carbocycles. The van der Waals surface area contributed by atoms with Gasteiger partial charge >= 0.3 is 0 Å². The summed E-state index contributed by atoms with van der Waals surface area (Å²) in [4.78, 5) is 0. The Kier molecular flexibility index (Phi) is 4.54. The first-order valence-electron chi connectivity index (χ1n) is 7.40. The van der Waals surface area contributed by atoms with Crippen molar-refractivity contribution in [3.63, 3.8) is 0 Å². The van der Waals surface area contributed by atoms with E-state index in [1.807, 2.05) is 6.07 Å². The van der Waals surface area contributed by atoms with Crippen LogP contribution in [-0.2, 0) is 22.3 Å². The molecule has 0 amide bonds. The number of hydrogen-bond donors (Lipinski definition) is 1. The SMILES string of the molecule is COC1(C(O)Cc2cc(Br)cc3c2OCC3)CCOCC1. The smallest absolute Gasteiger partial charge is 0.125 e. The van der Waals surface area contributed by atoms with E-state index in [9.17, 15) is 5.11 Å². The van der Waals surface area contributed by atoms with Crippen molar-refractivity contribution in [2.45, 2.75) is 37.4 Å². The number of ether oxygens (including phenoxy) is 3. The van der Waals surface area contributed by atoms with Gasteiger partial charge in [0.1, 0.15) is 5.75 Å². The predicted octanol–water partition coefficient (Wildman–Crippen LogP) is 2.48. The maximum Gasteiger partial charge on any atom is 0.125 e. The highest BCUT2D eigenvalue weighted by Gasteiger charge is 2.40. The third-order valence-corrected chi connectivity index (χ3v) is 5.05. The molecule has 1 unspecified atom stereocenters. The van der Waals surface area contributed by atoms with E-state index in [2.05, 4.69) is 22.0 Å². The van der Waals surface area contributed by atoms with E-state index in [0.717, 1.165) is 41.7 Å². The van der Waals surface area contributed by atoms with Crippen molar-refractivity contribution >= 4 is 15.9 Å². The monoisotopic (exact) mass is 356 g/mol. The molecule has 1 N–H and O–H groups in total. The highest BCUT2D eigenvalue weighted by atomic mass is 79.9. The van der Waals surface area contributed by atoms with Crippen LogP contribution in [0, 0.1) is 0 Å². The van der Waals surface area contributed by atoms with Crippen LogP contribution in [0.3, 0.4) is 0 Å². The van der Waals surface area contributed by atoms with E-state index in [0.29, 0.717) is 19.6 Å². The standard InChI is InChI=1S/C16H21BrO4/c1-19-16(3-6-20-7-4-16)14(18)10-12-9-13(17)8-11-2-5-21-15(11)12/h8-9,14,18H,2-7,10H2,1H3. The maximum atomic E-state index is 10.7. The zero-order valence-electron chi connectivity index (χ0n) is 12.2. The summed E-state index contributed by atoms with van der Waals surface area (Å²) in [5, 5.41) is 10.7. The normalized spacial score (nSPS) is 21.7. The number of fused-ring (bicyclic) bond motifs is 1. The summed E-state index contributed by atoms with van der Waals surface area (Å²) in [7, 11) is 1.68. The van der Waals surface area contributed by atoms with E-state index in [4.69, 9.17) is 14.2 Å². The van der Waals surface area contributed by atoms with E-state index in [1.165, 1.54) is 5.56 Å². The second-order valence-electron chi connectivity index (χ2n) is 5.75. The molecule has 2 aliphatic heterocycles. The van der Waals surface area contributed by atoms with Gasteiger partial charge in [0.25, 0.3) is 0 Å². The molecular weight excluding hydrogens is 336 g/mol. The average molecular weight is 357 g/mol. The van der Waals surface area contributed by atoms with Gasteiger partial charge in [-0.25, -0.2) is 0 Å². The molecule has 1 saturated heterocycles. The number of hydrogen-bond acceptors (Lipinski definition) is 4. The van der Waals surface area contributed by atoms with Crippen LogP contribution in [0.25, 0.3) is 0 Å². The Morgan fingerprint density at radius 3 is 2.81 bits per heavy atom. The van der Waals surface area contributed by atoms with E-state index >= 15 is 0 Å². The molecule has 0 saturated carbocycles. The molecule has 21 heavy (non-hydrogen) atoms. The summed E-state index contributed by atoms with van der Waals surface area (Å²) in [5.74, 6) is 0.940. The van der Waals surface area contributed by atoms with Gasteiger partial charge in [0.05, 0.1) is 18.3 Å². The molecule has 0 spiro atoms. The molecule has 1 atom stereocenters. The van der Waals surface area contributed by atoms with Crippen molar-refractivity contribution in [3.05, 3.63) is 27.7 Å². The molecular formula is C16H21BrO4. The van der Waals surface area contributed by atoms with Crippen LogP contribution < -0.4 is 4.74 Å². The Labute approximate surface area is 133 Å². The van der Waals surface area contributed by atoms with Gasteiger partial charge in [-0.1, -0.05) is 15.9 Å². The molecule has 0 bridgehead atoms. The van der Waals surface area contributed by atoms with Crippen LogP contribution in [0.2, 0.25) is 0 Å². The van der Waals surface area contributed by atoms with Crippen LogP contribution in [0.5, 0.6) is 5.75 Å². The fraction of sp³-hybridized carbons (Fsp3) is 0.625. The maximum absolute atomic E-state index is 10.7. The van der Waals surface area contributed by atoms with Gasteiger partial charge in [-0.15, -0.1) is 0 Å². The summed E-state index contributed by atoms with van der Waals surface area (Å²) < 4.78 is 17.9. The molecule has 0 aliphatic carbocycles. The molecule has 1 fully saturated rings. The second kappa shape index (κ2) is 6.24. The third-order valence-electron chi connectivity index (χ3n) is 4.59. The fourth-order valence-corrected chi connectivity index (χ4v) is 3.83. The van der Waals surface area contributed by atoms with Gasteiger partial charge in [-0.3, -0.25) is 0 Å². The first kappa shape index (κ1) is 15.3. The lowest BCUT2D eigenvalue weighted by molar-refractivity contribution is -0.151. The molecule has 116 valence electrons. The number of aliphatic hydroxyl groups excluding tert-OH is 1. The summed E-state index contributed by atoms with van der Waals surface area (Å²) in [6.07, 6.45) is 2.36. The van der Waals surface area contributed by atoms with Crippen LogP contribution in [-0.4, -0.2) is 43.7 Å². The first-order chi connectivity index (χ1) is 10.1. The predicted molar refractivity (Wildman–Crippen MR) is 82.8 cm³/mol. The van der Waals surface area contributed by atoms with E-state index in [1.54, 1.807) is 7.11 Å². The summed E-state index contributed by atoms with van der Waals surface area (Å²) >= 11 is 3.54. The molecule has 2 aliphatic rings. The van der Waals surface area contributed by atoms with Crippen LogP contribution in [0.4, 0.5) is 0 Å². The molecule has 0 aromatic heterocycles. The largest absolute Gasteiger partial charge is 0.493 e. The van der Waals surface area contributed by atoms with Crippen molar-refractivity contribution in [1.82, 2.24) is 0 Å². The number of aliphatic hydroxyl groups is 1. The summed E-state index contributed by atoms with van der Waals surface area (Å²) in [6, 6.07) is 4.13. The topological polar surface area (TPSA) is 47.9 Å². The zero-order chi connectivity index (χ0) is 14.9. The van der Waals surface area contributed by atoms with Crippen molar-refractivity contribution in [1.29, 1.82) is 0 Å². The van der Waals surface area contributed by atoms with Crippen LogP contribution in [0.1, 0.15) is 24.0 Å². The van der Waals surface area contributed by atoms with Crippen LogP contribution in [0.15, 0.2) is 16.6 Å². The lowest BCUT2D eigenvalue weighted by atomic mass is 9.84. The van der Waals surface area contributed by atoms with Gasteiger partial charge in [-0.2, -0.15) is 0 Å². The number of methoxy groups -OCH3 is 1. The van der Waals surface area contributed by atoms with Crippen LogP contribution >= 0.6 is 15.9 Å². The van der Waals surface area contributed by atoms with Gasteiger partial charge in [-0.05, 0) is 23.3 Å². The van der Waals surface area contributed by atoms with Crippen molar-refractivity contribution in [3.8, 4) is 5.75 Å². The average Bonchev–Trinajstić information content (AvgIpc) is 2.96. The first-order valence-corrected chi connectivity index (χ1v) is 8.19. The molecule has 1 aromatic rings. The molecule has 3 rings (SSSR count). The van der Waals surface area contributed by atoms with Gasteiger partial charge in [0.15, 0.2) is 0 Å².